The van der Waals surface area contributed by atoms with E-state index >= 15 is 0 Å². The molecule has 2 aromatic heterocycles. The number of carbonyl (C=O) groups is 1. The standard InChI is InChI=1S/C16H16F3N3O2/c1-8-9(2)12(14(23)21-10(8)3)15(24)22-13(16(17,18)19)11-6-4-5-7-20-11/h4-7,13H,1-3H3,(H,21,23)(H,22,24)/t13-/m0/s1. The molecule has 2 rings (SSSR count). The topological polar surface area (TPSA) is 74.8 Å². The molecule has 1 amide bonds. The predicted octanol–water partition coefficient (Wildman–Crippen LogP) is 2.73. The molecule has 0 fully saturated rings. The molecule has 128 valence electrons. The predicted molar refractivity (Wildman–Crippen MR) is 81.8 cm³/mol. The Bertz CT molecular complexity index is 814. The van der Waals surface area contributed by atoms with E-state index in [1.165, 1.54) is 25.3 Å². The second kappa shape index (κ2) is 6.46. The maximum Gasteiger partial charge on any atom is 0.414 e. The van der Waals surface area contributed by atoms with Gasteiger partial charge >= 0.3 is 6.18 Å². The van der Waals surface area contributed by atoms with E-state index in [1.54, 1.807) is 13.8 Å². The van der Waals surface area contributed by atoms with E-state index in [-0.39, 0.29) is 11.3 Å². The second-order valence-electron chi connectivity index (χ2n) is 5.41. The third-order valence-corrected chi connectivity index (χ3v) is 3.84. The van der Waals surface area contributed by atoms with Gasteiger partial charge in [0.2, 0.25) is 0 Å². The van der Waals surface area contributed by atoms with Crippen molar-refractivity contribution < 1.29 is 18.0 Å². The third-order valence-electron chi connectivity index (χ3n) is 3.84. The lowest BCUT2D eigenvalue weighted by Gasteiger charge is -2.21. The number of rotatable bonds is 3. The average molecular weight is 339 g/mol. The first-order chi connectivity index (χ1) is 11.1. The highest BCUT2D eigenvalue weighted by atomic mass is 19.4. The number of pyridine rings is 2. The van der Waals surface area contributed by atoms with E-state index in [2.05, 4.69) is 9.97 Å². The van der Waals surface area contributed by atoms with Gasteiger partial charge in [0, 0.05) is 11.9 Å². The molecule has 24 heavy (non-hydrogen) atoms. The van der Waals surface area contributed by atoms with Crippen LogP contribution in [0.15, 0.2) is 29.2 Å². The first-order valence-electron chi connectivity index (χ1n) is 7.11. The van der Waals surface area contributed by atoms with Gasteiger partial charge in [0.1, 0.15) is 5.56 Å². The van der Waals surface area contributed by atoms with Crippen LogP contribution in [0.3, 0.4) is 0 Å². The minimum atomic E-state index is -4.75. The Labute approximate surface area is 135 Å². The molecule has 0 bridgehead atoms. The SMILES string of the molecule is Cc1[nH]c(=O)c(C(=O)N[C@@H](c2ccccn2)C(F)(F)F)c(C)c1C. The molecule has 0 saturated carbocycles. The summed E-state index contributed by atoms with van der Waals surface area (Å²) >= 11 is 0. The highest BCUT2D eigenvalue weighted by molar-refractivity contribution is 5.95. The summed E-state index contributed by atoms with van der Waals surface area (Å²) in [6.45, 7) is 4.85. The fourth-order valence-corrected chi connectivity index (χ4v) is 2.31. The van der Waals surface area contributed by atoms with Gasteiger partial charge in [0.25, 0.3) is 11.5 Å². The zero-order valence-corrected chi connectivity index (χ0v) is 13.3. The molecule has 0 aliphatic heterocycles. The molecule has 8 heteroatoms. The number of H-pyrrole nitrogens is 1. The Kier molecular flexibility index (Phi) is 4.77. The summed E-state index contributed by atoms with van der Waals surface area (Å²) in [6.07, 6.45) is -3.54. The van der Waals surface area contributed by atoms with Crippen LogP contribution in [-0.2, 0) is 0 Å². The van der Waals surface area contributed by atoms with Crippen molar-refractivity contribution in [1.29, 1.82) is 0 Å². The van der Waals surface area contributed by atoms with E-state index in [4.69, 9.17) is 0 Å². The van der Waals surface area contributed by atoms with Crippen molar-refractivity contribution in [2.75, 3.05) is 0 Å². The molecule has 1 atom stereocenters. The smallest absolute Gasteiger partial charge is 0.335 e. The molecule has 0 spiro atoms. The third kappa shape index (κ3) is 3.47. The van der Waals surface area contributed by atoms with Crippen LogP contribution in [0.25, 0.3) is 0 Å². The minimum absolute atomic E-state index is 0.330. The van der Waals surface area contributed by atoms with Crippen LogP contribution in [0.4, 0.5) is 13.2 Å². The minimum Gasteiger partial charge on any atom is -0.335 e. The van der Waals surface area contributed by atoms with Crippen molar-refractivity contribution in [3.63, 3.8) is 0 Å². The zero-order chi connectivity index (χ0) is 18.1. The highest BCUT2D eigenvalue weighted by Gasteiger charge is 2.43. The van der Waals surface area contributed by atoms with Crippen LogP contribution >= 0.6 is 0 Å². The van der Waals surface area contributed by atoms with Gasteiger partial charge < -0.3 is 10.3 Å². The number of aromatic amines is 1. The monoisotopic (exact) mass is 339 g/mol. The fourth-order valence-electron chi connectivity index (χ4n) is 2.31. The van der Waals surface area contributed by atoms with Crippen LogP contribution in [0.5, 0.6) is 0 Å². The Morgan fingerprint density at radius 3 is 2.42 bits per heavy atom. The summed E-state index contributed by atoms with van der Waals surface area (Å²) in [5, 5.41) is 1.87. The molecule has 2 aromatic rings. The van der Waals surface area contributed by atoms with Crippen LogP contribution in [0.2, 0.25) is 0 Å². The van der Waals surface area contributed by atoms with Gasteiger partial charge in [0.15, 0.2) is 6.04 Å². The van der Waals surface area contributed by atoms with Crippen molar-refractivity contribution >= 4 is 5.91 Å². The van der Waals surface area contributed by atoms with Crippen molar-refractivity contribution in [2.24, 2.45) is 0 Å². The molecule has 0 radical (unpaired) electrons. The molecule has 0 aliphatic carbocycles. The molecule has 0 aromatic carbocycles. The Balaban J connectivity index is 2.44. The lowest BCUT2D eigenvalue weighted by atomic mass is 10.0. The number of hydrogen-bond acceptors (Lipinski definition) is 3. The normalized spacial score (nSPS) is 12.8. The number of carbonyl (C=O) groups excluding carboxylic acids is 1. The molecule has 5 nitrogen and oxygen atoms in total. The van der Waals surface area contributed by atoms with Crippen molar-refractivity contribution in [1.82, 2.24) is 15.3 Å². The summed E-state index contributed by atoms with van der Waals surface area (Å²) in [4.78, 5) is 30.4. The first-order valence-corrected chi connectivity index (χ1v) is 7.11. The summed E-state index contributed by atoms with van der Waals surface area (Å²) < 4.78 is 39.9. The second-order valence-corrected chi connectivity index (χ2v) is 5.41. The fraction of sp³-hybridized carbons (Fsp3) is 0.312. The summed E-state index contributed by atoms with van der Waals surface area (Å²) in [6, 6.07) is 1.72. The quantitative estimate of drug-likeness (QED) is 0.903. The van der Waals surface area contributed by atoms with E-state index < -0.39 is 23.7 Å². The Morgan fingerprint density at radius 2 is 1.88 bits per heavy atom. The number of alkyl halides is 3. The van der Waals surface area contributed by atoms with Gasteiger partial charge in [-0.15, -0.1) is 0 Å². The van der Waals surface area contributed by atoms with E-state index in [0.29, 0.717) is 16.8 Å². The first kappa shape index (κ1) is 17.7. The Morgan fingerprint density at radius 1 is 1.21 bits per heavy atom. The Hall–Kier alpha value is -2.64. The number of amides is 1. The van der Waals surface area contributed by atoms with Gasteiger partial charge in [-0.2, -0.15) is 13.2 Å². The lowest BCUT2D eigenvalue weighted by molar-refractivity contribution is -0.156. The molecule has 0 unspecified atom stereocenters. The molecular formula is C16H16F3N3O2. The number of nitrogens with one attached hydrogen (secondary N) is 2. The van der Waals surface area contributed by atoms with Crippen molar-refractivity contribution in [2.45, 2.75) is 33.0 Å². The lowest BCUT2D eigenvalue weighted by Crippen LogP contribution is -2.41. The number of halogens is 3. The van der Waals surface area contributed by atoms with Gasteiger partial charge in [-0.3, -0.25) is 14.6 Å². The van der Waals surface area contributed by atoms with Gasteiger partial charge in [-0.25, -0.2) is 0 Å². The zero-order valence-electron chi connectivity index (χ0n) is 13.3. The van der Waals surface area contributed by atoms with Crippen molar-refractivity contribution in [3.05, 3.63) is 62.8 Å². The van der Waals surface area contributed by atoms with E-state index in [0.717, 1.165) is 6.07 Å². The molecule has 0 saturated heterocycles. The average Bonchev–Trinajstić information content (AvgIpc) is 2.50. The number of aryl methyl sites for hydroxylation is 1. The number of nitrogens with zero attached hydrogens (tertiary/aromatic N) is 1. The maximum atomic E-state index is 13.3. The van der Waals surface area contributed by atoms with Crippen LogP contribution in [-0.4, -0.2) is 22.1 Å². The summed E-state index contributed by atoms with van der Waals surface area (Å²) in [7, 11) is 0. The van der Waals surface area contributed by atoms with E-state index in [9.17, 15) is 22.8 Å². The van der Waals surface area contributed by atoms with Gasteiger partial charge in [-0.1, -0.05) is 6.07 Å². The maximum absolute atomic E-state index is 13.3. The van der Waals surface area contributed by atoms with Gasteiger partial charge in [0.05, 0.1) is 5.69 Å². The van der Waals surface area contributed by atoms with E-state index in [1.807, 2.05) is 5.32 Å². The van der Waals surface area contributed by atoms with Crippen molar-refractivity contribution in [3.8, 4) is 0 Å². The van der Waals surface area contributed by atoms with Crippen LogP contribution in [0, 0.1) is 20.8 Å². The number of aromatic nitrogens is 2. The molecular weight excluding hydrogens is 323 g/mol. The summed E-state index contributed by atoms with van der Waals surface area (Å²) in [5.41, 5.74) is 0.137. The van der Waals surface area contributed by atoms with Crippen LogP contribution < -0.4 is 10.9 Å². The molecule has 2 heterocycles. The molecule has 2 N–H and O–H groups in total. The largest absolute Gasteiger partial charge is 0.414 e. The number of hydrogen-bond donors (Lipinski definition) is 2. The van der Waals surface area contributed by atoms with Crippen LogP contribution in [0.1, 0.15) is 38.9 Å². The molecule has 0 aliphatic rings. The van der Waals surface area contributed by atoms with Gasteiger partial charge in [-0.05, 0) is 44.0 Å². The highest BCUT2D eigenvalue weighted by Crippen LogP contribution is 2.31. The summed E-state index contributed by atoms with van der Waals surface area (Å²) in [5.74, 6) is -1.09.